The van der Waals surface area contributed by atoms with Gasteiger partial charge in [0.05, 0.1) is 12.1 Å². The Morgan fingerprint density at radius 3 is 2.57 bits per heavy atom. The standard InChI is InChI=1S/C15H17Cl2NO2S/c1-20-11-4-2-10(3-5-11)6-7-18-9-13(19)14-8-12(16)15(17)21-14/h2-5,8,13,18-19H,6-7,9H2,1H3. The van der Waals surface area contributed by atoms with Gasteiger partial charge in [-0.15, -0.1) is 11.3 Å². The summed E-state index contributed by atoms with van der Waals surface area (Å²) in [4.78, 5) is 0.780. The maximum absolute atomic E-state index is 10.0. The first-order valence-corrected chi connectivity index (χ1v) is 8.14. The molecule has 0 radical (unpaired) electrons. The fourth-order valence-corrected chi connectivity index (χ4v) is 3.27. The normalized spacial score (nSPS) is 12.4. The number of aliphatic hydroxyl groups is 1. The predicted octanol–water partition coefficient (Wildman–Crippen LogP) is 3.93. The van der Waals surface area contributed by atoms with E-state index in [4.69, 9.17) is 27.9 Å². The molecule has 0 aliphatic carbocycles. The summed E-state index contributed by atoms with van der Waals surface area (Å²) in [5, 5.41) is 13.8. The van der Waals surface area contributed by atoms with Crippen LogP contribution in [0.5, 0.6) is 5.75 Å². The summed E-state index contributed by atoms with van der Waals surface area (Å²) in [7, 11) is 1.65. The van der Waals surface area contributed by atoms with Crippen LogP contribution < -0.4 is 10.1 Å². The van der Waals surface area contributed by atoms with Gasteiger partial charge in [-0.25, -0.2) is 0 Å². The summed E-state index contributed by atoms with van der Waals surface area (Å²) in [6.45, 7) is 1.26. The molecule has 2 N–H and O–H groups in total. The van der Waals surface area contributed by atoms with Crippen molar-refractivity contribution in [3.63, 3.8) is 0 Å². The molecular formula is C15H17Cl2NO2S. The second-order valence-corrected chi connectivity index (χ2v) is 6.68. The number of aliphatic hydroxyl groups excluding tert-OH is 1. The van der Waals surface area contributed by atoms with Crippen molar-refractivity contribution in [1.82, 2.24) is 5.32 Å². The molecule has 2 aromatic rings. The Balaban J connectivity index is 1.73. The van der Waals surface area contributed by atoms with E-state index < -0.39 is 6.10 Å². The zero-order chi connectivity index (χ0) is 15.2. The summed E-state index contributed by atoms with van der Waals surface area (Å²) in [5.41, 5.74) is 1.22. The van der Waals surface area contributed by atoms with Crippen molar-refractivity contribution in [1.29, 1.82) is 0 Å². The Hall–Kier alpha value is -0.780. The monoisotopic (exact) mass is 345 g/mol. The lowest BCUT2D eigenvalue weighted by Crippen LogP contribution is -2.23. The van der Waals surface area contributed by atoms with E-state index in [-0.39, 0.29) is 0 Å². The molecule has 0 spiro atoms. The van der Waals surface area contributed by atoms with Crippen LogP contribution in [0.15, 0.2) is 30.3 Å². The van der Waals surface area contributed by atoms with Gasteiger partial charge in [0.2, 0.25) is 0 Å². The van der Waals surface area contributed by atoms with Gasteiger partial charge < -0.3 is 15.2 Å². The van der Waals surface area contributed by atoms with Gasteiger partial charge in [0.15, 0.2) is 0 Å². The lowest BCUT2D eigenvalue weighted by atomic mass is 10.1. The van der Waals surface area contributed by atoms with Crippen molar-refractivity contribution < 1.29 is 9.84 Å². The van der Waals surface area contributed by atoms with Crippen LogP contribution in [-0.4, -0.2) is 25.3 Å². The van der Waals surface area contributed by atoms with E-state index in [9.17, 15) is 5.11 Å². The molecule has 0 aliphatic heterocycles. The van der Waals surface area contributed by atoms with Gasteiger partial charge in [-0.05, 0) is 36.7 Å². The van der Waals surface area contributed by atoms with Gasteiger partial charge in [-0.1, -0.05) is 35.3 Å². The molecule has 6 heteroatoms. The quantitative estimate of drug-likeness (QED) is 0.747. The van der Waals surface area contributed by atoms with Crippen LogP contribution in [0.4, 0.5) is 0 Å². The molecule has 0 amide bonds. The number of ether oxygens (including phenoxy) is 1. The first-order valence-electron chi connectivity index (χ1n) is 6.56. The molecule has 1 atom stereocenters. The molecule has 1 heterocycles. The van der Waals surface area contributed by atoms with Crippen LogP contribution in [0.25, 0.3) is 0 Å². The maximum Gasteiger partial charge on any atom is 0.118 e. The number of hydrogen-bond donors (Lipinski definition) is 2. The van der Waals surface area contributed by atoms with E-state index in [1.165, 1.54) is 16.9 Å². The number of rotatable bonds is 7. The molecule has 3 nitrogen and oxygen atoms in total. The number of benzene rings is 1. The molecular weight excluding hydrogens is 329 g/mol. The number of hydrogen-bond acceptors (Lipinski definition) is 4. The zero-order valence-electron chi connectivity index (χ0n) is 11.6. The molecule has 0 bridgehead atoms. The SMILES string of the molecule is COc1ccc(CCNCC(O)c2cc(Cl)c(Cl)s2)cc1. The van der Waals surface area contributed by atoms with Crippen molar-refractivity contribution in [3.05, 3.63) is 50.1 Å². The van der Waals surface area contributed by atoms with Crippen molar-refractivity contribution in [2.24, 2.45) is 0 Å². The Kier molecular flexibility index (Phi) is 6.33. The number of thiophene rings is 1. The Labute approximate surface area is 138 Å². The molecule has 0 aliphatic rings. The number of nitrogens with one attached hydrogen (secondary N) is 1. The van der Waals surface area contributed by atoms with Crippen molar-refractivity contribution in [2.45, 2.75) is 12.5 Å². The predicted molar refractivity (Wildman–Crippen MR) is 88.9 cm³/mol. The molecule has 0 saturated heterocycles. The third-order valence-electron chi connectivity index (χ3n) is 3.08. The molecule has 1 aromatic heterocycles. The second-order valence-electron chi connectivity index (χ2n) is 4.59. The highest BCUT2D eigenvalue weighted by atomic mass is 35.5. The Morgan fingerprint density at radius 1 is 1.29 bits per heavy atom. The van der Waals surface area contributed by atoms with Crippen LogP contribution in [0.1, 0.15) is 16.5 Å². The summed E-state index contributed by atoms with van der Waals surface area (Å²) < 4.78 is 5.64. The summed E-state index contributed by atoms with van der Waals surface area (Å²) in [6, 6.07) is 9.68. The lowest BCUT2D eigenvalue weighted by molar-refractivity contribution is 0.179. The maximum atomic E-state index is 10.0. The van der Waals surface area contributed by atoms with Crippen LogP contribution in [0.2, 0.25) is 9.36 Å². The van der Waals surface area contributed by atoms with Gasteiger partial charge in [0, 0.05) is 11.4 Å². The van der Waals surface area contributed by atoms with E-state index in [1.54, 1.807) is 13.2 Å². The molecule has 1 aromatic carbocycles. The fourth-order valence-electron chi connectivity index (χ4n) is 1.89. The highest BCUT2D eigenvalue weighted by molar-refractivity contribution is 7.17. The first-order chi connectivity index (χ1) is 10.1. The highest BCUT2D eigenvalue weighted by Crippen LogP contribution is 2.34. The van der Waals surface area contributed by atoms with Crippen LogP contribution in [-0.2, 0) is 6.42 Å². The third kappa shape index (κ3) is 4.87. The van der Waals surface area contributed by atoms with E-state index in [0.29, 0.717) is 15.9 Å². The summed E-state index contributed by atoms with van der Waals surface area (Å²) >= 11 is 13.1. The summed E-state index contributed by atoms with van der Waals surface area (Å²) in [5.74, 6) is 0.855. The van der Waals surface area contributed by atoms with Crippen molar-refractivity contribution >= 4 is 34.5 Å². The minimum atomic E-state index is -0.587. The van der Waals surface area contributed by atoms with Crippen LogP contribution in [0.3, 0.4) is 0 Å². The van der Waals surface area contributed by atoms with Gasteiger partial charge in [0.1, 0.15) is 16.2 Å². The molecule has 0 saturated carbocycles. The lowest BCUT2D eigenvalue weighted by Gasteiger charge is -2.10. The smallest absolute Gasteiger partial charge is 0.118 e. The van der Waals surface area contributed by atoms with Gasteiger partial charge in [-0.2, -0.15) is 0 Å². The topological polar surface area (TPSA) is 41.5 Å². The molecule has 1 unspecified atom stereocenters. The highest BCUT2D eigenvalue weighted by Gasteiger charge is 2.12. The average Bonchev–Trinajstić information content (AvgIpc) is 2.84. The number of methoxy groups -OCH3 is 1. The van der Waals surface area contributed by atoms with Crippen LogP contribution >= 0.6 is 34.5 Å². The minimum Gasteiger partial charge on any atom is -0.497 e. The van der Waals surface area contributed by atoms with Crippen molar-refractivity contribution in [3.8, 4) is 5.75 Å². The van der Waals surface area contributed by atoms with Gasteiger partial charge in [0.25, 0.3) is 0 Å². The Morgan fingerprint density at radius 2 is 2.00 bits per heavy atom. The Bertz CT molecular complexity index is 552. The fraction of sp³-hybridized carbons (Fsp3) is 0.333. The molecule has 21 heavy (non-hydrogen) atoms. The van der Waals surface area contributed by atoms with Crippen LogP contribution in [0, 0.1) is 0 Å². The van der Waals surface area contributed by atoms with E-state index in [2.05, 4.69) is 5.32 Å². The molecule has 0 fully saturated rings. The van der Waals surface area contributed by atoms with E-state index >= 15 is 0 Å². The average molecular weight is 346 g/mol. The van der Waals surface area contributed by atoms with E-state index in [0.717, 1.165) is 23.6 Å². The zero-order valence-corrected chi connectivity index (χ0v) is 13.9. The van der Waals surface area contributed by atoms with Crippen molar-refractivity contribution in [2.75, 3.05) is 20.2 Å². The number of halogens is 2. The third-order valence-corrected chi connectivity index (χ3v) is 5.05. The second kappa shape index (κ2) is 8.01. The molecule has 114 valence electrons. The molecule has 2 rings (SSSR count). The largest absolute Gasteiger partial charge is 0.497 e. The summed E-state index contributed by atoms with van der Waals surface area (Å²) in [6.07, 6.45) is 0.304. The van der Waals surface area contributed by atoms with Gasteiger partial charge >= 0.3 is 0 Å². The first kappa shape index (κ1) is 16.6. The van der Waals surface area contributed by atoms with Gasteiger partial charge in [-0.3, -0.25) is 0 Å². The minimum absolute atomic E-state index is 0.476. The van der Waals surface area contributed by atoms with E-state index in [1.807, 2.05) is 24.3 Å².